The lowest BCUT2D eigenvalue weighted by molar-refractivity contribution is -0.0115. The number of nitrogens with zero attached hydrogens (tertiary/aromatic N) is 2. The number of halogens is 1. The second kappa shape index (κ2) is 17.5. The van der Waals surface area contributed by atoms with Crippen molar-refractivity contribution in [1.29, 1.82) is 0 Å². The summed E-state index contributed by atoms with van der Waals surface area (Å²) in [5, 5.41) is 13.1. The number of aliphatic hydroxyl groups is 1. The summed E-state index contributed by atoms with van der Waals surface area (Å²) < 4.78 is 59.9. The predicted molar refractivity (Wildman–Crippen MR) is 189 cm³/mol. The molecule has 0 radical (unpaired) electrons. The number of urea groups is 1. The van der Waals surface area contributed by atoms with Crippen LogP contribution in [0.1, 0.15) is 50.4 Å². The van der Waals surface area contributed by atoms with Gasteiger partial charge < -0.3 is 34.4 Å². The zero-order valence-corrected chi connectivity index (χ0v) is 29.9. The summed E-state index contributed by atoms with van der Waals surface area (Å²) >= 11 is 0. The summed E-state index contributed by atoms with van der Waals surface area (Å²) in [4.78, 5) is 30.4. The Bertz CT molecular complexity index is 1690. The van der Waals surface area contributed by atoms with Crippen LogP contribution in [0.4, 0.5) is 20.6 Å². The van der Waals surface area contributed by atoms with Crippen molar-refractivity contribution >= 4 is 33.3 Å². The van der Waals surface area contributed by atoms with Gasteiger partial charge in [0.2, 0.25) is 0 Å². The average molecular weight is 715 g/mol. The standard InChI is InChI=1S/C36H47FN4O8S/c1-24-21-41(25(2)23-42)35(43)32-20-29(39-50(45,46)31-16-9-27(37)10-17-31)13-18-33(32)49-26(3)8-6-7-19-48-34(24)22-40(4)36(44)38-28-11-14-30(47-5)15-12-28/h9-18,20,24-26,34,39,42H,6-8,19,21-23H2,1-5H3,(H,38,44)/t24-,25-,26-,34-/m1/s1. The topological polar surface area (TPSA) is 147 Å². The summed E-state index contributed by atoms with van der Waals surface area (Å²) in [6.07, 6.45) is 1.44. The summed E-state index contributed by atoms with van der Waals surface area (Å²) in [7, 11) is -0.872. The van der Waals surface area contributed by atoms with Gasteiger partial charge in [-0.2, -0.15) is 0 Å². The van der Waals surface area contributed by atoms with E-state index in [-0.39, 0.29) is 59.6 Å². The highest BCUT2D eigenvalue weighted by molar-refractivity contribution is 7.92. The summed E-state index contributed by atoms with van der Waals surface area (Å²) in [6, 6.07) is 14.9. The van der Waals surface area contributed by atoms with Crippen LogP contribution in [0.15, 0.2) is 71.6 Å². The number of ether oxygens (including phenoxy) is 3. The van der Waals surface area contributed by atoms with Gasteiger partial charge in [0, 0.05) is 44.0 Å². The number of aliphatic hydroxyl groups excluding tert-OH is 1. The number of methoxy groups -OCH3 is 1. The predicted octanol–water partition coefficient (Wildman–Crippen LogP) is 5.59. The lowest BCUT2D eigenvalue weighted by Gasteiger charge is -2.35. The average Bonchev–Trinajstić information content (AvgIpc) is 3.09. The molecule has 50 heavy (non-hydrogen) atoms. The van der Waals surface area contributed by atoms with Crippen LogP contribution >= 0.6 is 0 Å². The van der Waals surface area contributed by atoms with Crippen molar-refractivity contribution in [3.63, 3.8) is 0 Å². The Labute approximate surface area is 293 Å². The van der Waals surface area contributed by atoms with Gasteiger partial charge in [0.05, 0.1) is 42.4 Å². The normalized spacial score (nSPS) is 19.7. The van der Waals surface area contributed by atoms with Gasteiger partial charge in [-0.1, -0.05) is 6.92 Å². The molecule has 3 N–H and O–H groups in total. The molecule has 0 aliphatic carbocycles. The Balaban J connectivity index is 1.61. The molecule has 12 nitrogen and oxygen atoms in total. The van der Waals surface area contributed by atoms with Crippen molar-refractivity contribution in [3.05, 3.63) is 78.1 Å². The molecular weight excluding hydrogens is 667 g/mol. The van der Waals surface area contributed by atoms with Gasteiger partial charge in [-0.15, -0.1) is 0 Å². The number of rotatable bonds is 9. The Morgan fingerprint density at radius 3 is 2.42 bits per heavy atom. The minimum absolute atomic E-state index is 0.106. The van der Waals surface area contributed by atoms with Crippen LogP contribution in [0.5, 0.6) is 11.5 Å². The van der Waals surface area contributed by atoms with Crippen LogP contribution in [0, 0.1) is 11.7 Å². The first-order chi connectivity index (χ1) is 23.8. The van der Waals surface area contributed by atoms with E-state index in [2.05, 4.69) is 10.0 Å². The molecular formula is C36H47FN4O8S. The molecule has 0 saturated heterocycles. The van der Waals surface area contributed by atoms with Gasteiger partial charge in [0.25, 0.3) is 15.9 Å². The number of fused-ring (bicyclic) bond motifs is 1. The monoisotopic (exact) mass is 714 g/mol. The molecule has 0 aromatic heterocycles. The molecule has 3 amide bonds. The molecule has 3 aromatic carbocycles. The fourth-order valence-electron chi connectivity index (χ4n) is 5.52. The molecule has 1 aliphatic rings. The van der Waals surface area contributed by atoms with Gasteiger partial charge in [0.1, 0.15) is 17.3 Å². The minimum Gasteiger partial charge on any atom is -0.497 e. The largest absolute Gasteiger partial charge is 0.497 e. The van der Waals surface area contributed by atoms with E-state index in [0.717, 1.165) is 37.1 Å². The molecule has 4 atom stereocenters. The number of hydrogen-bond donors (Lipinski definition) is 3. The van der Waals surface area contributed by atoms with Crippen LogP contribution in [0.3, 0.4) is 0 Å². The summed E-state index contributed by atoms with van der Waals surface area (Å²) in [5.74, 6) is -0.411. The van der Waals surface area contributed by atoms with E-state index in [1.54, 1.807) is 51.4 Å². The Morgan fingerprint density at radius 1 is 1.08 bits per heavy atom. The Hall–Kier alpha value is -4.40. The fraction of sp³-hybridized carbons (Fsp3) is 0.444. The second-order valence-corrected chi connectivity index (χ2v) is 14.3. The fourth-order valence-corrected chi connectivity index (χ4v) is 6.57. The lowest BCUT2D eigenvalue weighted by Crippen LogP contribution is -2.48. The van der Waals surface area contributed by atoms with Crippen LogP contribution in [0.2, 0.25) is 0 Å². The number of amides is 3. The number of benzene rings is 3. The molecule has 0 saturated carbocycles. The number of carbonyl (C=O) groups is 2. The number of anilines is 2. The van der Waals surface area contributed by atoms with Crippen molar-refractivity contribution in [1.82, 2.24) is 9.80 Å². The molecule has 0 unspecified atom stereocenters. The van der Waals surface area contributed by atoms with Crippen molar-refractivity contribution in [3.8, 4) is 11.5 Å². The zero-order chi connectivity index (χ0) is 36.4. The highest BCUT2D eigenvalue weighted by Crippen LogP contribution is 2.30. The van der Waals surface area contributed by atoms with E-state index in [0.29, 0.717) is 24.5 Å². The number of hydrogen-bond acceptors (Lipinski definition) is 8. The maximum absolute atomic E-state index is 14.4. The summed E-state index contributed by atoms with van der Waals surface area (Å²) in [6.45, 7) is 6.00. The van der Waals surface area contributed by atoms with Crippen molar-refractivity contribution < 1.29 is 41.7 Å². The molecule has 14 heteroatoms. The quantitative estimate of drug-likeness (QED) is 0.260. The minimum atomic E-state index is -4.11. The first kappa shape index (κ1) is 38.4. The molecule has 0 fully saturated rings. The third-order valence-corrected chi connectivity index (χ3v) is 9.97. The van der Waals surface area contributed by atoms with Crippen LogP contribution in [0.25, 0.3) is 0 Å². The molecule has 1 heterocycles. The lowest BCUT2D eigenvalue weighted by atomic mass is 10.0. The maximum Gasteiger partial charge on any atom is 0.321 e. The first-order valence-electron chi connectivity index (χ1n) is 16.6. The molecule has 0 spiro atoms. The van der Waals surface area contributed by atoms with E-state index in [1.165, 1.54) is 21.9 Å². The number of sulfonamides is 1. The van der Waals surface area contributed by atoms with E-state index in [9.17, 15) is 27.5 Å². The molecule has 1 aliphatic heterocycles. The first-order valence-corrected chi connectivity index (χ1v) is 18.1. The van der Waals surface area contributed by atoms with Gasteiger partial charge in [0.15, 0.2) is 0 Å². The SMILES string of the molecule is COc1ccc(NC(=O)N(C)C[C@H]2OCCCC[C@@H](C)Oc3ccc(NS(=O)(=O)c4ccc(F)cc4)cc3C(=O)N([C@H](C)CO)C[C@H]2C)cc1. The number of likely N-dealkylation sites (N-methyl/N-ethyl adjacent to an activating group) is 1. The van der Waals surface area contributed by atoms with Crippen molar-refractivity contribution in [2.24, 2.45) is 5.92 Å². The van der Waals surface area contributed by atoms with E-state index < -0.39 is 33.9 Å². The van der Waals surface area contributed by atoms with Gasteiger partial charge >= 0.3 is 6.03 Å². The zero-order valence-electron chi connectivity index (χ0n) is 29.1. The number of nitrogens with one attached hydrogen (secondary N) is 2. The molecule has 272 valence electrons. The Kier molecular flexibility index (Phi) is 13.4. The molecule has 3 aromatic rings. The van der Waals surface area contributed by atoms with Crippen LogP contribution in [-0.2, 0) is 14.8 Å². The molecule has 0 bridgehead atoms. The third-order valence-electron chi connectivity index (χ3n) is 8.57. The van der Waals surface area contributed by atoms with Crippen molar-refractivity contribution in [2.45, 2.75) is 63.2 Å². The second-order valence-electron chi connectivity index (χ2n) is 12.6. The van der Waals surface area contributed by atoms with Gasteiger partial charge in [-0.25, -0.2) is 17.6 Å². The van der Waals surface area contributed by atoms with Crippen LogP contribution < -0.4 is 19.5 Å². The number of carbonyl (C=O) groups excluding carboxylic acids is 2. The third kappa shape index (κ3) is 10.3. The summed E-state index contributed by atoms with van der Waals surface area (Å²) in [5.41, 5.74) is 0.814. The van der Waals surface area contributed by atoms with E-state index >= 15 is 0 Å². The smallest absolute Gasteiger partial charge is 0.321 e. The Morgan fingerprint density at radius 2 is 1.76 bits per heavy atom. The highest BCUT2D eigenvalue weighted by atomic mass is 32.2. The van der Waals surface area contributed by atoms with Gasteiger partial charge in [-0.05, 0) is 99.8 Å². The highest BCUT2D eigenvalue weighted by Gasteiger charge is 2.31. The van der Waals surface area contributed by atoms with Crippen molar-refractivity contribution in [2.75, 3.05) is 50.5 Å². The maximum atomic E-state index is 14.4. The van der Waals surface area contributed by atoms with E-state index in [4.69, 9.17) is 14.2 Å². The molecule has 4 rings (SSSR count). The van der Waals surface area contributed by atoms with E-state index in [1.807, 2.05) is 13.8 Å². The van der Waals surface area contributed by atoms with Gasteiger partial charge in [-0.3, -0.25) is 9.52 Å². The van der Waals surface area contributed by atoms with Crippen LogP contribution in [-0.4, -0.2) is 94.0 Å².